The second kappa shape index (κ2) is 12.4. The zero-order chi connectivity index (χ0) is 16.0. The molecule has 0 fully saturated rings. The third-order valence-electron chi connectivity index (χ3n) is 4.42. The zero-order valence-electron chi connectivity index (χ0n) is 14.6. The van der Waals surface area contributed by atoms with E-state index < -0.39 is 0 Å². The Bertz CT molecular complexity index is 373. The van der Waals surface area contributed by atoms with E-state index >= 15 is 0 Å². The molecule has 0 aliphatic carbocycles. The number of imidazole rings is 1. The first-order valence-electron chi connectivity index (χ1n) is 9.31. The van der Waals surface area contributed by atoms with Crippen LogP contribution in [0, 0.1) is 5.92 Å². The molecule has 0 radical (unpaired) electrons. The summed E-state index contributed by atoms with van der Waals surface area (Å²) in [5.41, 5.74) is 0. The minimum Gasteiger partial charge on any atom is -0.276 e. The fourth-order valence-electron chi connectivity index (χ4n) is 2.98. The van der Waals surface area contributed by atoms with Crippen LogP contribution in [0.15, 0.2) is 18.7 Å². The fraction of sp³-hybridized carbons (Fsp3) is 0.789. The summed E-state index contributed by atoms with van der Waals surface area (Å²) in [6.07, 6.45) is 19.9. The highest BCUT2D eigenvalue weighted by Crippen LogP contribution is 2.20. The maximum Gasteiger partial charge on any atom is 0.234 e. The van der Waals surface area contributed by atoms with Crippen molar-refractivity contribution in [1.29, 1.82) is 0 Å². The lowest BCUT2D eigenvalue weighted by atomic mass is 9.93. The van der Waals surface area contributed by atoms with Crippen molar-refractivity contribution in [2.75, 3.05) is 0 Å². The Labute approximate surface area is 136 Å². The molecule has 126 valence electrons. The summed E-state index contributed by atoms with van der Waals surface area (Å²) in [6.45, 7) is 4.47. The van der Waals surface area contributed by atoms with E-state index in [0.717, 1.165) is 12.8 Å². The summed E-state index contributed by atoms with van der Waals surface area (Å²) in [5, 5.41) is 0. The highest BCUT2D eigenvalue weighted by atomic mass is 16.2. The molecule has 1 unspecified atom stereocenters. The van der Waals surface area contributed by atoms with Gasteiger partial charge in [0.1, 0.15) is 6.33 Å². The summed E-state index contributed by atoms with van der Waals surface area (Å²) >= 11 is 0. The molecular weight excluding hydrogens is 272 g/mol. The molecule has 22 heavy (non-hydrogen) atoms. The van der Waals surface area contributed by atoms with Crippen LogP contribution in [0.3, 0.4) is 0 Å². The first-order chi connectivity index (χ1) is 10.8. The zero-order valence-corrected chi connectivity index (χ0v) is 14.6. The number of aromatic nitrogens is 2. The van der Waals surface area contributed by atoms with Crippen LogP contribution < -0.4 is 0 Å². The topological polar surface area (TPSA) is 34.9 Å². The van der Waals surface area contributed by atoms with Gasteiger partial charge in [-0.2, -0.15) is 0 Å². The van der Waals surface area contributed by atoms with Gasteiger partial charge in [-0.1, -0.05) is 78.1 Å². The van der Waals surface area contributed by atoms with Crippen LogP contribution in [-0.2, 0) is 0 Å². The Morgan fingerprint density at radius 3 is 2.00 bits per heavy atom. The van der Waals surface area contributed by atoms with Gasteiger partial charge < -0.3 is 0 Å². The van der Waals surface area contributed by atoms with Crippen molar-refractivity contribution in [3.8, 4) is 0 Å². The van der Waals surface area contributed by atoms with Crippen LogP contribution in [-0.4, -0.2) is 15.5 Å². The lowest BCUT2D eigenvalue weighted by Gasteiger charge is -2.16. The SMILES string of the molecule is CCCCCCCCC(CCCCCC)C(=O)n1ccnc1. The molecule has 1 rings (SSSR count). The number of rotatable bonds is 13. The van der Waals surface area contributed by atoms with Crippen LogP contribution in [0.2, 0.25) is 0 Å². The summed E-state index contributed by atoms with van der Waals surface area (Å²) in [4.78, 5) is 16.6. The highest BCUT2D eigenvalue weighted by molar-refractivity contribution is 5.81. The largest absolute Gasteiger partial charge is 0.276 e. The smallest absolute Gasteiger partial charge is 0.234 e. The van der Waals surface area contributed by atoms with Gasteiger partial charge in [-0.05, 0) is 12.8 Å². The first-order valence-corrected chi connectivity index (χ1v) is 9.31. The normalized spacial score (nSPS) is 12.5. The average Bonchev–Trinajstić information content (AvgIpc) is 3.06. The minimum atomic E-state index is 0.178. The maximum atomic E-state index is 12.6. The molecule has 3 heteroatoms. The van der Waals surface area contributed by atoms with Gasteiger partial charge in [-0.25, -0.2) is 4.98 Å². The monoisotopic (exact) mass is 306 g/mol. The molecular formula is C19H34N2O. The number of hydrogen-bond acceptors (Lipinski definition) is 2. The molecule has 0 aromatic carbocycles. The van der Waals surface area contributed by atoms with Crippen LogP contribution >= 0.6 is 0 Å². The minimum absolute atomic E-state index is 0.178. The van der Waals surface area contributed by atoms with E-state index in [1.54, 1.807) is 23.3 Å². The Kier molecular flexibility index (Phi) is 10.7. The van der Waals surface area contributed by atoms with Gasteiger partial charge in [-0.3, -0.25) is 9.36 Å². The van der Waals surface area contributed by atoms with Gasteiger partial charge in [-0.15, -0.1) is 0 Å². The average molecular weight is 306 g/mol. The van der Waals surface area contributed by atoms with Crippen molar-refractivity contribution in [2.24, 2.45) is 5.92 Å². The summed E-state index contributed by atoms with van der Waals surface area (Å²) in [6, 6.07) is 0. The van der Waals surface area contributed by atoms with E-state index in [-0.39, 0.29) is 11.8 Å². The van der Waals surface area contributed by atoms with Crippen molar-refractivity contribution in [3.63, 3.8) is 0 Å². The summed E-state index contributed by atoms with van der Waals surface area (Å²) in [5.74, 6) is 0.416. The maximum absolute atomic E-state index is 12.6. The Hall–Kier alpha value is -1.12. The van der Waals surface area contributed by atoms with Crippen molar-refractivity contribution < 1.29 is 4.79 Å². The first kappa shape index (κ1) is 18.9. The van der Waals surface area contributed by atoms with Crippen molar-refractivity contribution >= 4 is 5.91 Å². The predicted octanol–water partition coefficient (Wildman–Crippen LogP) is 5.86. The van der Waals surface area contributed by atoms with E-state index in [4.69, 9.17) is 0 Å². The van der Waals surface area contributed by atoms with Gasteiger partial charge in [0, 0.05) is 18.3 Å². The van der Waals surface area contributed by atoms with Gasteiger partial charge in [0.25, 0.3) is 0 Å². The molecule has 0 aliphatic rings. The Morgan fingerprint density at radius 2 is 1.45 bits per heavy atom. The molecule has 0 saturated heterocycles. The van der Waals surface area contributed by atoms with Gasteiger partial charge in [0.15, 0.2) is 0 Å². The third-order valence-corrected chi connectivity index (χ3v) is 4.42. The molecule has 1 heterocycles. The summed E-state index contributed by atoms with van der Waals surface area (Å²) in [7, 11) is 0. The molecule has 0 spiro atoms. The number of carbonyl (C=O) groups excluding carboxylic acids is 1. The highest BCUT2D eigenvalue weighted by Gasteiger charge is 2.19. The number of hydrogen-bond donors (Lipinski definition) is 0. The summed E-state index contributed by atoms with van der Waals surface area (Å²) < 4.78 is 1.67. The van der Waals surface area contributed by atoms with Crippen LogP contribution in [0.1, 0.15) is 95.7 Å². The lowest BCUT2D eigenvalue weighted by Crippen LogP contribution is -2.20. The van der Waals surface area contributed by atoms with Crippen molar-refractivity contribution in [2.45, 2.75) is 90.9 Å². The molecule has 1 atom stereocenters. The Balaban J connectivity index is 2.35. The molecule has 0 saturated carbocycles. The van der Waals surface area contributed by atoms with E-state index in [2.05, 4.69) is 18.8 Å². The quantitative estimate of drug-likeness (QED) is 0.428. The van der Waals surface area contributed by atoms with Gasteiger partial charge in [0.2, 0.25) is 5.91 Å². The molecule has 0 N–H and O–H groups in total. The number of unbranched alkanes of at least 4 members (excludes halogenated alkanes) is 8. The van der Waals surface area contributed by atoms with E-state index in [1.807, 2.05) is 0 Å². The fourth-order valence-corrected chi connectivity index (χ4v) is 2.98. The van der Waals surface area contributed by atoms with Crippen LogP contribution in [0.4, 0.5) is 0 Å². The van der Waals surface area contributed by atoms with E-state index in [1.165, 1.54) is 64.2 Å². The second-order valence-corrected chi connectivity index (χ2v) is 6.41. The number of carbonyl (C=O) groups is 1. The molecule has 3 nitrogen and oxygen atoms in total. The lowest BCUT2D eigenvalue weighted by molar-refractivity contribution is 0.0814. The number of nitrogens with zero attached hydrogens (tertiary/aromatic N) is 2. The van der Waals surface area contributed by atoms with Crippen molar-refractivity contribution in [1.82, 2.24) is 9.55 Å². The molecule has 0 amide bonds. The Morgan fingerprint density at radius 1 is 0.909 bits per heavy atom. The second-order valence-electron chi connectivity index (χ2n) is 6.41. The predicted molar refractivity (Wildman–Crippen MR) is 93.1 cm³/mol. The standard InChI is InChI=1S/C19H34N2O/c1-3-5-7-9-10-12-14-18(13-11-8-6-4-2)19(22)21-16-15-20-17-21/h15-18H,3-14H2,1-2H3. The van der Waals surface area contributed by atoms with E-state index in [0.29, 0.717) is 0 Å². The van der Waals surface area contributed by atoms with Gasteiger partial charge in [0.05, 0.1) is 0 Å². The molecule has 0 aliphatic heterocycles. The molecule has 1 aromatic rings. The van der Waals surface area contributed by atoms with Crippen molar-refractivity contribution in [3.05, 3.63) is 18.7 Å². The van der Waals surface area contributed by atoms with E-state index in [9.17, 15) is 4.79 Å². The molecule has 1 aromatic heterocycles. The third kappa shape index (κ3) is 7.77. The van der Waals surface area contributed by atoms with Crippen LogP contribution in [0.25, 0.3) is 0 Å². The van der Waals surface area contributed by atoms with Crippen LogP contribution in [0.5, 0.6) is 0 Å². The van der Waals surface area contributed by atoms with Gasteiger partial charge >= 0.3 is 0 Å². The molecule has 0 bridgehead atoms.